The lowest BCUT2D eigenvalue weighted by atomic mass is 10.1. The Balaban J connectivity index is 1.68. The molecule has 0 aliphatic rings. The molecule has 3 N–H and O–H groups in total. The van der Waals surface area contributed by atoms with Crippen molar-refractivity contribution in [3.05, 3.63) is 84.2 Å². The van der Waals surface area contributed by atoms with Gasteiger partial charge in [-0.05, 0) is 48.0 Å². The fourth-order valence-corrected chi connectivity index (χ4v) is 3.59. The van der Waals surface area contributed by atoms with E-state index in [2.05, 4.69) is 25.4 Å². The highest BCUT2D eigenvalue weighted by atomic mass is 19.1. The second kappa shape index (κ2) is 8.74. The molecule has 0 saturated heterocycles. The SMILES string of the molecule is COc1ccc(-c2nc(NCc3ccncc3)nc3nn(-c4cccc(F)c4)c(N)c23)c(F)c1. The first kappa shape index (κ1) is 21.3. The summed E-state index contributed by atoms with van der Waals surface area (Å²) in [5.41, 5.74) is 8.46. The topological polar surface area (TPSA) is 104 Å². The number of hydrogen-bond acceptors (Lipinski definition) is 7. The fourth-order valence-electron chi connectivity index (χ4n) is 3.59. The molecule has 0 bridgehead atoms. The van der Waals surface area contributed by atoms with E-state index in [4.69, 9.17) is 10.5 Å². The second-order valence-corrected chi connectivity index (χ2v) is 7.43. The van der Waals surface area contributed by atoms with Gasteiger partial charge in [-0.1, -0.05) is 6.07 Å². The number of aromatic nitrogens is 5. The summed E-state index contributed by atoms with van der Waals surface area (Å²) in [6.45, 7) is 0.415. The fraction of sp³-hybridized carbons (Fsp3) is 0.0833. The van der Waals surface area contributed by atoms with Gasteiger partial charge in [-0.25, -0.2) is 18.4 Å². The number of rotatable bonds is 6. The highest BCUT2D eigenvalue weighted by molar-refractivity contribution is 5.99. The predicted molar refractivity (Wildman–Crippen MR) is 125 cm³/mol. The zero-order valence-electron chi connectivity index (χ0n) is 18.0. The summed E-state index contributed by atoms with van der Waals surface area (Å²) >= 11 is 0. The van der Waals surface area contributed by atoms with Crippen molar-refractivity contribution in [2.45, 2.75) is 6.54 Å². The predicted octanol–water partition coefficient (Wildman–Crippen LogP) is 4.36. The third-order valence-corrected chi connectivity index (χ3v) is 5.25. The molecule has 0 fully saturated rings. The van der Waals surface area contributed by atoms with Crippen LogP contribution in [0.25, 0.3) is 28.0 Å². The molecule has 8 nitrogen and oxygen atoms in total. The number of anilines is 2. The van der Waals surface area contributed by atoms with Crippen molar-refractivity contribution in [2.24, 2.45) is 0 Å². The number of hydrogen-bond donors (Lipinski definition) is 2. The number of ether oxygens (including phenoxy) is 1. The Morgan fingerprint density at radius 3 is 2.59 bits per heavy atom. The van der Waals surface area contributed by atoms with Gasteiger partial charge in [-0.3, -0.25) is 4.98 Å². The molecule has 2 aromatic carbocycles. The molecule has 0 spiro atoms. The zero-order valence-corrected chi connectivity index (χ0v) is 18.0. The van der Waals surface area contributed by atoms with Crippen molar-refractivity contribution in [3.8, 4) is 22.7 Å². The molecule has 0 aliphatic carbocycles. The summed E-state index contributed by atoms with van der Waals surface area (Å²) in [6, 6.07) is 14.0. The van der Waals surface area contributed by atoms with E-state index in [1.807, 2.05) is 12.1 Å². The molecule has 170 valence electrons. The van der Waals surface area contributed by atoms with E-state index in [1.54, 1.807) is 36.7 Å². The molecule has 0 atom stereocenters. The van der Waals surface area contributed by atoms with Gasteiger partial charge < -0.3 is 15.8 Å². The minimum atomic E-state index is -0.544. The van der Waals surface area contributed by atoms with E-state index in [0.717, 1.165) is 5.56 Å². The summed E-state index contributed by atoms with van der Waals surface area (Å²) < 4.78 is 35.4. The summed E-state index contributed by atoms with van der Waals surface area (Å²) in [5.74, 6) is -0.225. The monoisotopic (exact) mass is 459 g/mol. The normalized spacial score (nSPS) is 11.0. The third-order valence-electron chi connectivity index (χ3n) is 5.25. The van der Waals surface area contributed by atoms with E-state index in [0.29, 0.717) is 23.4 Å². The Morgan fingerprint density at radius 2 is 1.85 bits per heavy atom. The lowest BCUT2D eigenvalue weighted by Crippen LogP contribution is -2.05. The van der Waals surface area contributed by atoms with Gasteiger partial charge in [-0.2, -0.15) is 4.98 Å². The van der Waals surface area contributed by atoms with Gasteiger partial charge in [0.05, 0.1) is 23.9 Å². The number of fused-ring (bicyclic) bond motifs is 1. The van der Waals surface area contributed by atoms with Crippen molar-refractivity contribution in [2.75, 3.05) is 18.2 Å². The maximum atomic E-state index is 15.1. The first-order valence-corrected chi connectivity index (χ1v) is 10.3. The molecule has 0 saturated carbocycles. The number of benzene rings is 2. The largest absolute Gasteiger partial charge is 0.497 e. The number of pyridine rings is 1. The van der Waals surface area contributed by atoms with Crippen LogP contribution < -0.4 is 15.8 Å². The number of halogens is 2. The average Bonchev–Trinajstić information content (AvgIpc) is 3.19. The molecule has 10 heteroatoms. The Hall–Kier alpha value is -4.60. The first-order valence-electron chi connectivity index (χ1n) is 10.3. The molecule has 3 heterocycles. The number of methoxy groups -OCH3 is 1. The summed E-state index contributed by atoms with van der Waals surface area (Å²) in [6.07, 6.45) is 3.36. The van der Waals surface area contributed by atoms with Crippen LogP contribution in [-0.4, -0.2) is 31.8 Å². The summed E-state index contributed by atoms with van der Waals surface area (Å²) in [5, 5.41) is 7.95. The molecule has 0 amide bonds. The van der Waals surface area contributed by atoms with Crippen LogP contribution >= 0.6 is 0 Å². The van der Waals surface area contributed by atoms with Gasteiger partial charge in [0.2, 0.25) is 5.95 Å². The van der Waals surface area contributed by atoms with Gasteiger partial charge in [0, 0.05) is 30.6 Å². The van der Waals surface area contributed by atoms with Gasteiger partial charge in [0.15, 0.2) is 5.65 Å². The molecule has 3 aromatic heterocycles. The van der Waals surface area contributed by atoms with Gasteiger partial charge in [0.25, 0.3) is 0 Å². The molecule has 0 aliphatic heterocycles. The van der Waals surface area contributed by atoms with E-state index in [9.17, 15) is 4.39 Å². The Morgan fingerprint density at radius 1 is 1.03 bits per heavy atom. The maximum absolute atomic E-state index is 15.1. The Labute approximate surface area is 193 Å². The van der Waals surface area contributed by atoms with Crippen molar-refractivity contribution in [1.29, 1.82) is 0 Å². The standard InChI is InChI=1S/C24H19F2N7O/c1-34-17-5-6-18(19(26)12-17)21-20-22(27)33(16-4-2-3-15(25)11-16)32-23(20)31-24(30-21)29-13-14-7-9-28-10-8-14/h2-12H,13,27H2,1H3,(H,29,31,32). The van der Waals surface area contributed by atoms with Crippen molar-refractivity contribution in [1.82, 2.24) is 24.7 Å². The van der Waals surface area contributed by atoms with E-state index >= 15 is 4.39 Å². The Kier molecular flexibility index (Phi) is 5.46. The van der Waals surface area contributed by atoms with Crippen molar-refractivity contribution < 1.29 is 13.5 Å². The third kappa shape index (κ3) is 3.96. The molecular weight excluding hydrogens is 440 g/mol. The van der Waals surface area contributed by atoms with E-state index in [1.165, 1.54) is 30.0 Å². The van der Waals surface area contributed by atoms with Crippen LogP contribution in [-0.2, 0) is 6.54 Å². The smallest absolute Gasteiger partial charge is 0.225 e. The van der Waals surface area contributed by atoms with Crippen molar-refractivity contribution in [3.63, 3.8) is 0 Å². The van der Waals surface area contributed by atoms with Crippen molar-refractivity contribution >= 4 is 22.8 Å². The maximum Gasteiger partial charge on any atom is 0.225 e. The molecular formula is C24H19F2N7O. The first-order chi connectivity index (χ1) is 16.5. The van der Waals surface area contributed by atoms with Gasteiger partial charge in [0.1, 0.15) is 23.2 Å². The van der Waals surface area contributed by atoms with Crippen LogP contribution in [0.1, 0.15) is 5.56 Å². The molecule has 34 heavy (non-hydrogen) atoms. The minimum Gasteiger partial charge on any atom is -0.497 e. The van der Waals surface area contributed by atoms with E-state index in [-0.39, 0.29) is 28.7 Å². The number of nitrogens with zero attached hydrogens (tertiary/aromatic N) is 5. The second-order valence-electron chi connectivity index (χ2n) is 7.43. The van der Waals surface area contributed by atoms with Gasteiger partial charge >= 0.3 is 0 Å². The Bertz CT molecular complexity index is 1490. The highest BCUT2D eigenvalue weighted by Crippen LogP contribution is 2.35. The number of nitrogens with two attached hydrogens (primary N) is 1. The quantitative estimate of drug-likeness (QED) is 0.389. The van der Waals surface area contributed by atoms with Gasteiger partial charge in [-0.15, -0.1) is 5.10 Å². The molecule has 5 rings (SSSR count). The highest BCUT2D eigenvalue weighted by Gasteiger charge is 2.21. The summed E-state index contributed by atoms with van der Waals surface area (Å²) in [4.78, 5) is 13.0. The van der Waals surface area contributed by atoms with Crippen LogP contribution in [0.3, 0.4) is 0 Å². The lowest BCUT2D eigenvalue weighted by molar-refractivity contribution is 0.411. The number of nitrogen functional groups attached to an aromatic ring is 1. The van der Waals surface area contributed by atoms with Crippen LogP contribution in [0.5, 0.6) is 5.75 Å². The number of nitrogens with one attached hydrogen (secondary N) is 1. The zero-order chi connectivity index (χ0) is 23.7. The molecule has 0 radical (unpaired) electrons. The summed E-state index contributed by atoms with van der Waals surface area (Å²) in [7, 11) is 1.46. The van der Waals surface area contributed by atoms with E-state index < -0.39 is 11.6 Å². The molecule has 5 aromatic rings. The lowest BCUT2D eigenvalue weighted by Gasteiger charge is -2.10. The molecule has 0 unspecified atom stereocenters. The van der Waals surface area contributed by atoms with Crippen LogP contribution in [0, 0.1) is 11.6 Å². The van der Waals surface area contributed by atoms with Crippen LogP contribution in [0.4, 0.5) is 20.5 Å². The van der Waals surface area contributed by atoms with Crippen LogP contribution in [0.2, 0.25) is 0 Å². The average molecular weight is 459 g/mol. The minimum absolute atomic E-state index is 0.159. The van der Waals surface area contributed by atoms with Crippen LogP contribution in [0.15, 0.2) is 67.0 Å².